The molecule has 0 saturated carbocycles. The van der Waals surface area contributed by atoms with Crippen molar-refractivity contribution in [1.82, 2.24) is 0 Å². The van der Waals surface area contributed by atoms with E-state index in [0.29, 0.717) is 17.0 Å². The van der Waals surface area contributed by atoms with Gasteiger partial charge in [-0.1, -0.05) is 32.4 Å². The molecule has 0 aliphatic heterocycles. The Morgan fingerprint density at radius 1 is 1.58 bits per heavy atom. The molecule has 3 heteroatoms. The van der Waals surface area contributed by atoms with Gasteiger partial charge >= 0.3 is 0 Å². The van der Waals surface area contributed by atoms with Crippen LogP contribution in [0.15, 0.2) is 16.2 Å². The Bertz CT molecular complexity index is 173. The van der Waals surface area contributed by atoms with E-state index in [4.69, 9.17) is 17.3 Å². The third kappa shape index (κ3) is 4.39. The van der Waals surface area contributed by atoms with Gasteiger partial charge in [0.1, 0.15) is 0 Å². The van der Waals surface area contributed by atoms with Gasteiger partial charge in [-0.25, -0.2) is 0 Å². The molecule has 0 aromatic rings. The van der Waals surface area contributed by atoms with Gasteiger partial charge in [0.15, 0.2) is 0 Å². The maximum absolute atomic E-state index is 5.66. The minimum absolute atomic E-state index is 0.346. The van der Waals surface area contributed by atoms with Crippen molar-refractivity contribution in [2.75, 3.05) is 0 Å². The molecule has 0 bridgehead atoms. The molecule has 0 fully saturated rings. The largest absolute Gasteiger partial charge is 0.403 e. The lowest BCUT2D eigenvalue weighted by molar-refractivity contribution is 0.485. The highest BCUT2D eigenvalue weighted by Gasteiger charge is 2.07. The van der Waals surface area contributed by atoms with Crippen molar-refractivity contribution in [3.63, 3.8) is 0 Å². The zero-order valence-corrected chi connectivity index (χ0v) is 8.67. The molecular weight excluding hydrogens is 172 g/mol. The van der Waals surface area contributed by atoms with Crippen LogP contribution in [0.4, 0.5) is 0 Å². The van der Waals surface area contributed by atoms with Crippen LogP contribution in [0.3, 0.4) is 0 Å². The van der Waals surface area contributed by atoms with E-state index >= 15 is 0 Å². The molecule has 0 amide bonds. The lowest BCUT2D eigenvalue weighted by atomic mass is 10.0. The van der Waals surface area contributed by atoms with Gasteiger partial charge in [0.05, 0.1) is 11.1 Å². The van der Waals surface area contributed by atoms with Crippen molar-refractivity contribution in [2.24, 2.45) is 16.6 Å². The van der Waals surface area contributed by atoms with Crippen LogP contribution < -0.4 is 5.73 Å². The minimum atomic E-state index is 0.346. The molecule has 0 aliphatic rings. The molecule has 12 heavy (non-hydrogen) atoms. The average Bonchev–Trinajstić information content (AvgIpc) is 2.04. The summed E-state index contributed by atoms with van der Waals surface area (Å²) in [6, 6.07) is 0.346. The quantitative estimate of drug-likeness (QED) is 0.677. The Labute approximate surface area is 79.5 Å². The first-order valence-corrected chi connectivity index (χ1v) is 4.60. The number of hydrogen-bond donors (Lipinski definition) is 1. The third-order valence-electron chi connectivity index (χ3n) is 1.74. The molecule has 0 radical (unpaired) electrons. The number of halogens is 1. The number of hydrogen-bond acceptors (Lipinski definition) is 2. The van der Waals surface area contributed by atoms with Crippen molar-refractivity contribution in [2.45, 2.75) is 33.2 Å². The number of rotatable bonds is 4. The molecule has 0 spiro atoms. The van der Waals surface area contributed by atoms with Gasteiger partial charge in [0.2, 0.25) is 0 Å². The topological polar surface area (TPSA) is 38.4 Å². The zero-order valence-electron chi connectivity index (χ0n) is 7.92. The third-order valence-corrected chi connectivity index (χ3v) is 1.96. The Morgan fingerprint density at radius 3 is 2.50 bits per heavy atom. The van der Waals surface area contributed by atoms with E-state index in [2.05, 4.69) is 25.8 Å². The van der Waals surface area contributed by atoms with Crippen LogP contribution in [-0.4, -0.2) is 12.3 Å². The molecule has 0 heterocycles. The molecule has 1 atom stereocenters. The summed E-state index contributed by atoms with van der Waals surface area (Å²) in [5, 5.41) is 0.495. The van der Waals surface area contributed by atoms with E-state index in [9.17, 15) is 0 Å². The van der Waals surface area contributed by atoms with Crippen molar-refractivity contribution in [3.05, 3.63) is 11.2 Å². The van der Waals surface area contributed by atoms with E-state index in [0.717, 1.165) is 6.42 Å². The van der Waals surface area contributed by atoms with E-state index in [1.54, 1.807) is 6.21 Å². The van der Waals surface area contributed by atoms with E-state index in [1.165, 1.54) is 6.20 Å². The van der Waals surface area contributed by atoms with Gasteiger partial charge < -0.3 is 5.73 Å². The van der Waals surface area contributed by atoms with Gasteiger partial charge in [-0.05, 0) is 12.3 Å². The molecule has 0 saturated heterocycles. The van der Waals surface area contributed by atoms with Crippen LogP contribution in [0.5, 0.6) is 0 Å². The zero-order chi connectivity index (χ0) is 9.56. The fourth-order valence-electron chi connectivity index (χ4n) is 0.959. The summed E-state index contributed by atoms with van der Waals surface area (Å²) >= 11 is 5.66. The number of allylic oxidation sites excluding steroid dienone is 1. The molecule has 2 N–H and O–H groups in total. The fourth-order valence-corrected chi connectivity index (χ4v) is 1.02. The minimum Gasteiger partial charge on any atom is -0.403 e. The number of nitrogens with zero attached hydrogens (tertiary/aromatic N) is 1. The average molecular weight is 189 g/mol. The highest BCUT2D eigenvalue weighted by Crippen LogP contribution is 2.10. The highest BCUT2D eigenvalue weighted by molar-refractivity contribution is 6.39. The highest BCUT2D eigenvalue weighted by atomic mass is 35.5. The van der Waals surface area contributed by atoms with Crippen LogP contribution in [0.1, 0.15) is 27.2 Å². The summed E-state index contributed by atoms with van der Waals surface area (Å²) < 4.78 is 0. The van der Waals surface area contributed by atoms with Crippen molar-refractivity contribution < 1.29 is 0 Å². The number of nitrogens with two attached hydrogens (primary N) is 1. The van der Waals surface area contributed by atoms with Gasteiger partial charge in [-0.3, -0.25) is 4.99 Å². The van der Waals surface area contributed by atoms with Crippen molar-refractivity contribution in [3.8, 4) is 0 Å². The summed E-state index contributed by atoms with van der Waals surface area (Å²) in [6.45, 7) is 6.40. The Balaban J connectivity index is 4.10. The normalized spacial score (nSPS) is 15.9. The maximum atomic E-state index is 5.66. The lowest BCUT2D eigenvalue weighted by Gasteiger charge is -2.12. The smallest absolute Gasteiger partial charge is 0.0738 e. The van der Waals surface area contributed by atoms with E-state index in [-0.39, 0.29) is 0 Å². The Kier molecular flexibility index (Phi) is 5.81. The van der Waals surface area contributed by atoms with E-state index in [1.807, 2.05) is 0 Å². The Morgan fingerprint density at radius 2 is 2.17 bits per heavy atom. The predicted octanol–water partition coefficient (Wildman–Crippen LogP) is 2.53. The summed E-state index contributed by atoms with van der Waals surface area (Å²) in [6.07, 6.45) is 4.00. The molecule has 0 aromatic heterocycles. The summed E-state index contributed by atoms with van der Waals surface area (Å²) in [7, 11) is 0. The van der Waals surface area contributed by atoms with Gasteiger partial charge in [0, 0.05) is 12.4 Å². The Hall–Kier alpha value is -0.500. The van der Waals surface area contributed by atoms with E-state index < -0.39 is 0 Å². The molecule has 1 unspecified atom stereocenters. The molecule has 0 aromatic carbocycles. The standard InChI is InChI=1S/C9H17ClN2/c1-4-9(7(2)3)12-6-8(10)5-11/h5-7,9H,4,11H2,1-3H3/b8-5+,12-6?. The first-order valence-electron chi connectivity index (χ1n) is 4.22. The predicted molar refractivity (Wildman–Crippen MR) is 55.5 cm³/mol. The summed E-state index contributed by atoms with van der Waals surface area (Å²) in [5.41, 5.74) is 5.19. The second-order valence-electron chi connectivity index (χ2n) is 3.05. The first-order chi connectivity index (χ1) is 5.61. The monoisotopic (exact) mass is 188 g/mol. The second-order valence-corrected chi connectivity index (χ2v) is 3.49. The van der Waals surface area contributed by atoms with Gasteiger partial charge in [-0.15, -0.1) is 0 Å². The molecular formula is C9H17ClN2. The van der Waals surface area contributed by atoms with Crippen LogP contribution in [-0.2, 0) is 0 Å². The molecule has 0 rings (SSSR count). The van der Waals surface area contributed by atoms with Crippen LogP contribution in [0.2, 0.25) is 0 Å². The SMILES string of the molecule is CCC(N=C/C(Cl)=C\N)C(C)C. The van der Waals surface area contributed by atoms with Crippen LogP contribution in [0.25, 0.3) is 0 Å². The second kappa shape index (κ2) is 6.06. The first kappa shape index (κ1) is 11.5. The molecule has 70 valence electrons. The van der Waals surface area contributed by atoms with Gasteiger partial charge in [0.25, 0.3) is 0 Å². The molecule has 0 aliphatic carbocycles. The van der Waals surface area contributed by atoms with Crippen molar-refractivity contribution >= 4 is 17.8 Å². The number of aliphatic imine (C=N–C) groups is 1. The molecule has 2 nitrogen and oxygen atoms in total. The summed E-state index contributed by atoms with van der Waals surface area (Å²) in [5.74, 6) is 0.550. The summed E-state index contributed by atoms with van der Waals surface area (Å²) in [4.78, 5) is 4.31. The van der Waals surface area contributed by atoms with Crippen molar-refractivity contribution in [1.29, 1.82) is 0 Å². The van der Waals surface area contributed by atoms with Crippen LogP contribution in [0, 0.1) is 5.92 Å². The fraction of sp³-hybridized carbons (Fsp3) is 0.667. The van der Waals surface area contributed by atoms with Gasteiger partial charge in [-0.2, -0.15) is 0 Å². The maximum Gasteiger partial charge on any atom is 0.0738 e. The lowest BCUT2D eigenvalue weighted by Crippen LogP contribution is -2.11. The van der Waals surface area contributed by atoms with Crippen LogP contribution >= 0.6 is 11.6 Å².